The lowest BCUT2D eigenvalue weighted by Gasteiger charge is -2.05. The van der Waals surface area contributed by atoms with Crippen LogP contribution in [0.15, 0.2) is 45.6 Å². The third kappa shape index (κ3) is 2.55. The van der Waals surface area contributed by atoms with Crippen LogP contribution in [-0.4, -0.2) is 15.1 Å². The van der Waals surface area contributed by atoms with Gasteiger partial charge in [0, 0.05) is 5.02 Å². The summed E-state index contributed by atoms with van der Waals surface area (Å²) in [7, 11) is 0. The molecule has 0 bridgehead atoms. The summed E-state index contributed by atoms with van der Waals surface area (Å²) in [6, 6.07) is 9.99. The van der Waals surface area contributed by atoms with E-state index in [4.69, 9.17) is 16.0 Å². The molecule has 0 aliphatic rings. The predicted molar refractivity (Wildman–Crippen MR) is 79.4 cm³/mol. The maximum absolute atomic E-state index is 12.2. The first-order chi connectivity index (χ1) is 10.0. The number of benzene rings is 1. The second kappa shape index (κ2) is 5.10. The zero-order chi connectivity index (χ0) is 15.0. The second-order valence-electron chi connectivity index (χ2n) is 4.53. The summed E-state index contributed by atoms with van der Waals surface area (Å²) in [4.78, 5) is 18.8. The average Bonchev–Trinajstić information content (AvgIpc) is 2.87. The molecule has 0 aliphatic carbocycles. The van der Waals surface area contributed by atoms with E-state index >= 15 is 0 Å². The van der Waals surface area contributed by atoms with Crippen LogP contribution in [0.1, 0.15) is 5.76 Å². The molecule has 0 radical (unpaired) electrons. The van der Waals surface area contributed by atoms with Gasteiger partial charge < -0.3 is 14.5 Å². The van der Waals surface area contributed by atoms with Crippen LogP contribution in [0, 0.1) is 6.92 Å². The molecule has 0 spiro atoms. The Balaban J connectivity index is 2.12. The van der Waals surface area contributed by atoms with Crippen LogP contribution in [0.25, 0.3) is 22.7 Å². The van der Waals surface area contributed by atoms with Gasteiger partial charge in [-0.2, -0.15) is 4.98 Å². The van der Waals surface area contributed by atoms with E-state index in [1.807, 2.05) is 0 Å². The largest absolute Gasteiger partial charge is 0.493 e. The number of aromatic hydroxyl groups is 1. The molecule has 0 amide bonds. The van der Waals surface area contributed by atoms with Crippen molar-refractivity contribution in [1.29, 1.82) is 0 Å². The summed E-state index contributed by atoms with van der Waals surface area (Å²) in [5.41, 5.74) is 0.181. The summed E-state index contributed by atoms with van der Waals surface area (Å²) in [6.45, 7) is 1.78. The molecule has 5 nitrogen and oxygen atoms in total. The lowest BCUT2D eigenvalue weighted by atomic mass is 10.1. The van der Waals surface area contributed by atoms with Crippen molar-refractivity contribution in [1.82, 2.24) is 9.97 Å². The Bertz CT molecular complexity index is 850. The zero-order valence-corrected chi connectivity index (χ0v) is 11.8. The smallest absolute Gasteiger partial charge is 0.263 e. The van der Waals surface area contributed by atoms with Gasteiger partial charge in [-0.1, -0.05) is 23.7 Å². The van der Waals surface area contributed by atoms with E-state index in [9.17, 15) is 9.90 Å². The molecule has 3 rings (SSSR count). The third-order valence-electron chi connectivity index (χ3n) is 3.01. The Hall–Kier alpha value is -2.53. The Kier molecular flexibility index (Phi) is 3.27. The zero-order valence-electron chi connectivity index (χ0n) is 11.1. The topological polar surface area (TPSA) is 79.1 Å². The van der Waals surface area contributed by atoms with Crippen LogP contribution >= 0.6 is 11.6 Å². The summed E-state index contributed by atoms with van der Waals surface area (Å²) in [5.74, 6) is 0.907. The second-order valence-corrected chi connectivity index (χ2v) is 4.97. The van der Waals surface area contributed by atoms with Gasteiger partial charge in [-0.25, -0.2) is 0 Å². The molecule has 1 aromatic carbocycles. The van der Waals surface area contributed by atoms with E-state index in [2.05, 4.69) is 9.97 Å². The maximum Gasteiger partial charge on any atom is 0.263 e. The van der Waals surface area contributed by atoms with Crippen molar-refractivity contribution in [3.05, 3.63) is 57.5 Å². The number of furan rings is 1. The van der Waals surface area contributed by atoms with Gasteiger partial charge in [-0.3, -0.25) is 4.79 Å². The fourth-order valence-corrected chi connectivity index (χ4v) is 2.14. The Labute approximate surface area is 124 Å². The highest BCUT2D eigenvalue weighted by Gasteiger charge is 2.15. The Morgan fingerprint density at radius 3 is 2.48 bits per heavy atom. The molecule has 0 saturated heterocycles. The van der Waals surface area contributed by atoms with Crippen LogP contribution in [0.5, 0.6) is 5.88 Å². The minimum absolute atomic E-state index is 0.0960. The fourth-order valence-electron chi connectivity index (χ4n) is 2.02. The first-order valence-corrected chi connectivity index (χ1v) is 6.58. The number of nitrogens with zero attached hydrogens (tertiary/aromatic N) is 1. The third-order valence-corrected chi connectivity index (χ3v) is 3.26. The van der Waals surface area contributed by atoms with Gasteiger partial charge in [-0.05, 0) is 36.8 Å². The van der Waals surface area contributed by atoms with Gasteiger partial charge in [0.2, 0.25) is 5.88 Å². The molecular formula is C15H11ClN2O3. The molecule has 2 N–H and O–H groups in total. The predicted octanol–water partition coefficient (Wildman–Crippen LogP) is 3.36. The Morgan fingerprint density at radius 1 is 1.19 bits per heavy atom. The van der Waals surface area contributed by atoms with Crippen molar-refractivity contribution in [2.45, 2.75) is 6.92 Å². The lowest BCUT2D eigenvalue weighted by Crippen LogP contribution is -2.11. The van der Waals surface area contributed by atoms with E-state index in [1.165, 1.54) is 0 Å². The SMILES string of the molecule is Cc1ccc(-c2nc(O)c(-c3ccc(Cl)cc3)c(=O)[nH]2)o1. The van der Waals surface area contributed by atoms with Crippen molar-refractivity contribution >= 4 is 11.6 Å². The molecule has 2 aromatic heterocycles. The molecule has 3 aromatic rings. The monoisotopic (exact) mass is 302 g/mol. The van der Waals surface area contributed by atoms with E-state index in [0.29, 0.717) is 22.1 Å². The number of H-pyrrole nitrogens is 1. The summed E-state index contributed by atoms with van der Waals surface area (Å²) < 4.78 is 5.38. The van der Waals surface area contributed by atoms with Crippen molar-refractivity contribution in [2.24, 2.45) is 0 Å². The highest BCUT2D eigenvalue weighted by atomic mass is 35.5. The molecule has 6 heteroatoms. The van der Waals surface area contributed by atoms with Gasteiger partial charge in [0.15, 0.2) is 11.6 Å². The molecule has 2 heterocycles. The van der Waals surface area contributed by atoms with Crippen LogP contribution in [0.3, 0.4) is 0 Å². The van der Waals surface area contributed by atoms with Gasteiger partial charge >= 0.3 is 0 Å². The van der Waals surface area contributed by atoms with E-state index < -0.39 is 5.56 Å². The molecule has 0 unspecified atom stereocenters. The van der Waals surface area contributed by atoms with E-state index in [-0.39, 0.29) is 17.3 Å². The number of aromatic nitrogens is 2. The average molecular weight is 303 g/mol. The lowest BCUT2D eigenvalue weighted by molar-refractivity contribution is 0.452. The molecule has 0 atom stereocenters. The summed E-state index contributed by atoms with van der Waals surface area (Å²) in [5, 5.41) is 10.6. The number of rotatable bonds is 2. The number of aryl methyl sites for hydroxylation is 1. The molecule has 0 saturated carbocycles. The van der Waals surface area contributed by atoms with Crippen LogP contribution in [-0.2, 0) is 0 Å². The minimum Gasteiger partial charge on any atom is -0.493 e. The van der Waals surface area contributed by atoms with Gasteiger partial charge in [0.1, 0.15) is 11.3 Å². The van der Waals surface area contributed by atoms with Gasteiger partial charge in [0.25, 0.3) is 5.56 Å². The number of hydrogen-bond donors (Lipinski definition) is 2. The molecule has 0 aliphatic heterocycles. The first kappa shape index (κ1) is 13.5. The van der Waals surface area contributed by atoms with Crippen molar-refractivity contribution in [3.63, 3.8) is 0 Å². The highest BCUT2D eigenvalue weighted by molar-refractivity contribution is 6.30. The van der Waals surface area contributed by atoms with Crippen molar-refractivity contribution in [2.75, 3.05) is 0 Å². The standard InChI is InChI=1S/C15H11ClN2O3/c1-8-2-7-11(21-8)13-17-14(19)12(15(20)18-13)9-3-5-10(16)6-4-9/h2-7H,1H3,(H2,17,18,19,20). The number of hydrogen-bond acceptors (Lipinski definition) is 4. The van der Waals surface area contributed by atoms with E-state index in [0.717, 1.165) is 0 Å². The maximum atomic E-state index is 12.2. The highest BCUT2D eigenvalue weighted by Crippen LogP contribution is 2.27. The normalized spacial score (nSPS) is 10.8. The fraction of sp³-hybridized carbons (Fsp3) is 0.0667. The number of halogens is 1. The quantitative estimate of drug-likeness (QED) is 0.760. The Morgan fingerprint density at radius 2 is 1.90 bits per heavy atom. The van der Waals surface area contributed by atoms with Gasteiger partial charge in [0.05, 0.1) is 0 Å². The molecule has 106 valence electrons. The number of nitrogens with one attached hydrogen (secondary N) is 1. The number of aromatic amines is 1. The molecule has 21 heavy (non-hydrogen) atoms. The van der Waals surface area contributed by atoms with E-state index in [1.54, 1.807) is 43.3 Å². The first-order valence-electron chi connectivity index (χ1n) is 6.20. The van der Waals surface area contributed by atoms with Crippen molar-refractivity contribution in [3.8, 4) is 28.6 Å². The molecular weight excluding hydrogens is 292 g/mol. The van der Waals surface area contributed by atoms with Crippen LogP contribution < -0.4 is 5.56 Å². The van der Waals surface area contributed by atoms with Crippen LogP contribution in [0.2, 0.25) is 5.02 Å². The summed E-state index contributed by atoms with van der Waals surface area (Å²) >= 11 is 5.81. The summed E-state index contributed by atoms with van der Waals surface area (Å²) in [6.07, 6.45) is 0. The van der Waals surface area contributed by atoms with Gasteiger partial charge in [-0.15, -0.1) is 0 Å². The minimum atomic E-state index is -0.450. The molecule has 0 fully saturated rings. The van der Waals surface area contributed by atoms with Crippen molar-refractivity contribution < 1.29 is 9.52 Å². The van der Waals surface area contributed by atoms with Crippen LogP contribution in [0.4, 0.5) is 0 Å².